The lowest BCUT2D eigenvalue weighted by Crippen LogP contribution is -2.20. The molecule has 0 aliphatic heterocycles. The van der Waals surface area contributed by atoms with Crippen molar-refractivity contribution in [3.8, 4) is 0 Å². The molecule has 0 atom stereocenters. The predicted molar refractivity (Wildman–Crippen MR) is 34.2 cm³/mol. The lowest BCUT2D eigenvalue weighted by molar-refractivity contribution is 0.145. The van der Waals surface area contributed by atoms with Crippen molar-refractivity contribution in [1.82, 2.24) is 10.5 Å². The molecule has 0 unspecified atom stereocenters. The number of rotatable bonds is 4. The van der Waals surface area contributed by atoms with Gasteiger partial charge in [0.1, 0.15) is 6.26 Å². The molecule has 3 nitrogen and oxygen atoms in total. The van der Waals surface area contributed by atoms with Gasteiger partial charge in [0.05, 0.1) is 12.2 Å². The second-order valence-electron chi connectivity index (χ2n) is 2.01. The third-order valence-electron chi connectivity index (χ3n) is 1.10. The van der Waals surface area contributed by atoms with Crippen LogP contribution in [0, 0.1) is 0 Å². The molecule has 0 bridgehead atoms. The Hall–Kier alpha value is -0.970. The fraction of sp³-hybridized carbons (Fsp3) is 0.500. The van der Waals surface area contributed by atoms with Crippen LogP contribution in [0.5, 0.6) is 0 Å². The molecule has 1 N–H and O–H groups in total. The Morgan fingerprint density at radius 3 is 3.00 bits per heavy atom. The number of alkyl halides is 2. The molecule has 1 rings (SSSR count). The molecule has 0 spiro atoms. The van der Waals surface area contributed by atoms with E-state index >= 15 is 0 Å². The van der Waals surface area contributed by atoms with Gasteiger partial charge in [0, 0.05) is 12.6 Å². The highest BCUT2D eigenvalue weighted by atomic mass is 19.3. The van der Waals surface area contributed by atoms with E-state index in [1.54, 1.807) is 6.07 Å². The van der Waals surface area contributed by atoms with Crippen molar-refractivity contribution in [1.29, 1.82) is 0 Å². The number of hydrogen-bond donors (Lipinski definition) is 1. The molecule has 0 fully saturated rings. The molecule has 1 aromatic rings. The zero-order chi connectivity index (χ0) is 8.10. The Kier molecular flexibility index (Phi) is 2.97. The molecule has 0 aromatic carbocycles. The second-order valence-corrected chi connectivity index (χ2v) is 2.01. The number of hydrogen-bond acceptors (Lipinski definition) is 3. The van der Waals surface area contributed by atoms with Gasteiger partial charge in [-0.05, 0) is 0 Å². The van der Waals surface area contributed by atoms with Crippen LogP contribution in [0.15, 0.2) is 16.9 Å². The van der Waals surface area contributed by atoms with Gasteiger partial charge >= 0.3 is 0 Å². The van der Waals surface area contributed by atoms with Crippen molar-refractivity contribution >= 4 is 0 Å². The van der Waals surface area contributed by atoms with Crippen LogP contribution in [0.4, 0.5) is 8.78 Å². The third-order valence-corrected chi connectivity index (χ3v) is 1.10. The normalized spacial score (nSPS) is 10.8. The molecule has 1 heterocycles. The highest BCUT2D eigenvalue weighted by molar-refractivity contribution is 4.93. The van der Waals surface area contributed by atoms with Gasteiger partial charge in [0.2, 0.25) is 0 Å². The number of nitrogens with one attached hydrogen (secondary N) is 1. The smallest absolute Gasteiger partial charge is 0.250 e. The Labute approximate surface area is 62.4 Å². The maximum atomic E-state index is 11.6. The van der Waals surface area contributed by atoms with E-state index in [0.717, 1.165) is 0 Å². The van der Waals surface area contributed by atoms with Crippen LogP contribution in [0.2, 0.25) is 0 Å². The zero-order valence-corrected chi connectivity index (χ0v) is 5.76. The van der Waals surface area contributed by atoms with Crippen LogP contribution in [0.25, 0.3) is 0 Å². The van der Waals surface area contributed by atoms with Gasteiger partial charge in [-0.25, -0.2) is 8.78 Å². The number of nitrogens with zero attached hydrogens (tertiary/aromatic N) is 1. The summed E-state index contributed by atoms with van der Waals surface area (Å²) in [7, 11) is 0. The van der Waals surface area contributed by atoms with Crippen LogP contribution >= 0.6 is 0 Å². The number of aromatic nitrogens is 1. The van der Waals surface area contributed by atoms with Crippen molar-refractivity contribution in [2.24, 2.45) is 0 Å². The molecule has 0 saturated carbocycles. The van der Waals surface area contributed by atoms with Crippen molar-refractivity contribution in [3.05, 3.63) is 18.0 Å². The average molecular weight is 162 g/mol. The molecule has 1 aromatic heterocycles. The van der Waals surface area contributed by atoms with E-state index < -0.39 is 6.43 Å². The van der Waals surface area contributed by atoms with E-state index in [-0.39, 0.29) is 6.54 Å². The lowest BCUT2D eigenvalue weighted by Gasteiger charge is -1.98. The van der Waals surface area contributed by atoms with Crippen LogP contribution in [-0.4, -0.2) is 18.1 Å². The molecule has 0 aliphatic carbocycles. The zero-order valence-electron chi connectivity index (χ0n) is 5.76. The molecular formula is C6H8F2N2O. The van der Waals surface area contributed by atoms with E-state index in [4.69, 9.17) is 0 Å². The highest BCUT2D eigenvalue weighted by Gasteiger charge is 2.01. The number of halogens is 2. The van der Waals surface area contributed by atoms with E-state index in [1.165, 1.54) is 6.26 Å². The van der Waals surface area contributed by atoms with Gasteiger partial charge < -0.3 is 9.84 Å². The molecular weight excluding hydrogens is 154 g/mol. The lowest BCUT2D eigenvalue weighted by atomic mass is 10.4. The van der Waals surface area contributed by atoms with Gasteiger partial charge in [-0.15, -0.1) is 0 Å². The van der Waals surface area contributed by atoms with Gasteiger partial charge in [0.25, 0.3) is 6.43 Å². The maximum Gasteiger partial charge on any atom is 0.250 e. The van der Waals surface area contributed by atoms with Crippen LogP contribution in [-0.2, 0) is 6.54 Å². The molecule has 5 heteroatoms. The summed E-state index contributed by atoms with van der Waals surface area (Å²) in [6.07, 6.45) is -0.916. The topological polar surface area (TPSA) is 38.1 Å². The molecule has 62 valence electrons. The van der Waals surface area contributed by atoms with Crippen molar-refractivity contribution in [3.63, 3.8) is 0 Å². The highest BCUT2D eigenvalue weighted by Crippen LogP contribution is 1.94. The summed E-state index contributed by atoms with van der Waals surface area (Å²) >= 11 is 0. The fourth-order valence-electron chi connectivity index (χ4n) is 0.638. The Morgan fingerprint density at radius 2 is 2.45 bits per heavy atom. The van der Waals surface area contributed by atoms with Crippen molar-refractivity contribution in [2.45, 2.75) is 13.0 Å². The maximum absolute atomic E-state index is 11.6. The predicted octanol–water partition coefficient (Wildman–Crippen LogP) is 1.03. The summed E-state index contributed by atoms with van der Waals surface area (Å²) in [6, 6.07) is 1.62. The minimum atomic E-state index is -2.32. The second kappa shape index (κ2) is 4.02. The minimum absolute atomic E-state index is 0.313. The van der Waals surface area contributed by atoms with Crippen LogP contribution < -0.4 is 5.32 Å². The minimum Gasteiger partial charge on any atom is -0.364 e. The fourth-order valence-corrected chi connectivity index (χ4v) is 0.638. The van der Waals surface area contributed by atoms with Crippen molar-refractivity contribution < 1.29 is 13.3 Å². The van der Waals surface area contributed by atoms with Crippen LogP contribution in [0.3, 0.4) is 0 Å². The summed E-state index contributed by atoms with van der Waals surface area (Å²) in [4.78, 5) is 0. The van der Waals surface area contributed by atoms with E-state index in [0.29, 0.717) is 12.2 Å². The van der Waals surface area contributed by atoms with E-state index in [1.807, 2.05) is 0 Å². The first kappa shape index (κ1) is 8.13. The molecule has 0 saturated heterocycles. The Morgan fingerprint density at radius 1 is 1.64 bits per heavy atom. The quantitative estimate of drug-likeness (QED) is 0.718. The average Bonchev–Trinajstić information content (AvgIpc) is 2.39. The summed E-state index contributed by atoms with van der Waals surface area (Å²) in [5, 5.41) is 6.05. The Bertz CT molecular complexity index is 188. The van der Waals surface area contributed by atoms with E-state index in [9.17, 15) is 8.78 Å². The first-order chi connectivity index (χ1) is 5.29. The third kappa shape index (κ3) is 3.08. The first-order valence-corrected chi connectivity index (χ1v) is 3.17. The molecule has 11 heavy (non-hydrogen) atoms. The van der Waals surface area contributed by atoms with Gasteiger partial charge in [-0.1, -0.05) is 5.16 Å². The Balaban J connectivity index is 2.14. The van der Waals surface area contributed by atoms with Crippen molar-refractivity contribution in [2.75, 3.05) is 6.54 Å². The molecule has 0 aliphatic rings. The molecule has 0 radical (unpaired) electrons. The monoisotopic (exact) mass is 162 g/mol. The van der Waals surface area contributed by atoms with Crippen LogP contribution in [0.1, 0.15) is 5.69 Å². The summed E-state index contributed by atoms with van der Waals surface area (Å²) < 4.78 is 27.6. The largest absolute Gasteiger partial charge is 0.364 e. The molecule has 0 amide bonds. The summed E-state index contributed by atoms with van der Waals surface area (Å²) in [6.45, 7) is 0.00764. The summed E-state index contributed by atoms with van der Waals surface area (Å²) in [5.41, 5.74) is 0.630. The first-order valence-electron chi connectivity index (χ1n) is 3.17. The van der Waals surface area contributed by atoms with Gasteiger partial charge in [0.15, 0.2) is 0 Å². The van der Waals surface area contributed by atoms with Gasteiger partial charge in [-0.3, -0.25) is 0 Å². The standard InChI is InChI=1S/C6H8F2N2O/c7-6(8)4-9-3-5-1-2-11-10-5/h1-2,6,9H,3-4H2. The van der Waals surface area contributed by atoms with Gasteiger partial charge in [-0.2, -0.15) is 0 Å². The van der Waals surface area contributed by atoms with E-state index in [2.05, 4.69) is 15.0 Å². The summed E-state index contributed by atoms with van der Waals surface area (Å²) in [5.74, 6) is 0. The SMILES string of the molecule is FC(F)CNCc1ccon1.